The minimum Gasteiger partial charge on any atom is -0.369 e. The van der Waals surface area contributed by atoms with Crippen LogP contribution >= 0.6 is 11.8 Å². The quantitative estimate of drug-likeness (QED) is 0.599. The molecule has 0 saturated heterocycles. The first-order chi connectivity index (χ1) is 11.6. The van der Waals surface area contributed by atoms with Crippen LogP contribution in [0.15, 0.2) is 59.5 Å². The van der Waals surface area contributed by atoms with Crippen LogP contribution in [-0.2, 0) is 16.0 Å². The Hall–Kier alpha value is -2.53. The van der Waals surface area contributed by atoms with E-state index in [4.69, 9.17) is 5.73 Å². The number of nitrogens with one attached hydrogen (secondary N) is 1. The molecule has 2 aromatic rings. The van der Waals surface area contributed by atoms with Gasteiger partial charge in [-0.15, -0.1) is 11.8 Å². The molecule has 0 unspecified atom stereocenters. The van der Waals surface area contributed by atoms with E-state index in [9.17, 15) is 9.59 Å². The summed E-state index contributed by atoms with van der Waals surface area (Å²) in [5.41, 5.74) is 8.06. The van der Waals surface area contributed by atoms with Gasteiger partial charge in [0.15, 0.2) is 0 Å². The molecule has 0 spiro atoms. The van der Waals surface area contributed by atoms with Gasteiger partial charge in [0, 0.05) is 11.0 Å². The molecule has 0 aliphatic rings. The molecule has 4 nitrogen and oxygen atoms in total. The third-order valence-corrected chi connectivity index (χ3v) is 4.43. The fraction of sp³-hybridized carbons (Fsp3) is 0.158. The number of hydrogen-bond donors (Lipinski definition) is 2. The van der Waals surface area contributed by atoms with Crippen molar-refractivity contribution in [2.75, 3.05) is 11.1 Å². The summed E-state index contributed by atoms with van der Waals surface area (Å²) in [4.78, 5) is 23.8. The number of carbonyl (C=O) groups excluding carboxylic acids is 2. The van der Waals surface area contributed by atoms with Crippen LogP contribution in [0.5, 0.6) is 0 Å². The monoisotopic (exact) mass is 340 g/mol. The molecule has 0 fully saturated rings. The van der Waals surface area contributed by atoms with Gasteiger partial charge in [-0.2, -0.15) is 0 Å². The first kappa shape index (κ1) is 17.8. The molecule has 0 aliphatic heterocycles. The van der Waals surface area contributed by atoms with Crippen LogP contribution in [0.3, 0.4) is 0 Å². The van der Waals surface area contributed by atoms with Gasteiger partial charge in [0.1, 0.15) is 0 Å². The van der Waals surface area contributed by atoms with E-state index in [1.807, 2.05) is 42.5 Å². The van der Waals surface area contributed by atoms with Crippen LogP contribution < -0.4 is 11.1 Å². The third-order valence-electron chi connectivity index (χ3n) is 3.33. The molecule has 5 heteroatoms. The van der Waals surface area contributed by atoms with Gasteiger partial charge in [-0.25, -0.2) is 0 Å². The first-order valence-corrected chi connectivity index (χ1v) is 8.65. The summed E-state index contributed by atoms with van der Waals surface area (Å²) in [6, 6.07) is 15.4. The van der Waals surface area contributed by atoms with Crippen LogP contribution in [-0.4, -0.2) is 17.6 Å². The number of anilines is 1. The van der Waals surface area contributed by atoms with E-state index in [1.54, 1.807) is 12.1 Å². The van der Waals surface area contributed by atoms with Gasteiger partial charge in [0.2, 0.25) is 11.8 Å². The summed E-state index contributed by atoms with van der Waals surface area (Å²) in [5, 5.41) is 2.83. The van der Waals surface area contributed by atoms with Crippen molar-refractivity contribution in [1.82, 2.24) is 0 Å². The Kier molecular flexibility index (Phi) is 6.63. The lowest BCUT2D eigenvalue weighted by Gasteiger charge is -2.08. The highest BCUT2D eigenvalue weighted by Gasteiger charge is 2.06. The number of aryl methyl sites for hydroxylation is 1. The van der Waals surface area contributed by atoms with Crippen molar-refractivity contribution in [3.63, 3.8) is 0 Å². The van der Waals surface area contributed by atoms with E-state index in [0.29, 0.717) is 5.69 Å². The highest BCUT2D eigenvalue weighted by Crippen LogP contribution is 2.26. The topological polar surface area (TPSA) is 72.2 Å². The van der Waals surface area contributed by atoms with Crippen LogP contribution in [0, 0.1) is 0 Å². The second-order valence-electron chi connectivity index (χ2n) is 5.17. The van der Waals surface area contributed by atoms with Gasteiger partial charge in [-0.3, -0.25) is 9.59 Å². The average molecular weight is 340 g/mol. The number of benzene rings is 2. The number of carbonyl (C=O) groups is 2. The van der Waals surface area contributed by atoms with Gasteiger partial charge in [0.25, 0.3) is 0 Å². The predicted octanol–water partition coefficient (Wildman–Crippen LogP) is 3.48. The molecule has 3 N–H and O–H groups in total. The first-order valence-electron chi connectivity index (χ1n) is 7.66. The Bertz CT molecular complexity index is 739. The maximum atomic E-state index is 12.1. The number of para-hydroxylation sites is 1. The highest BCUT2D eigenvalue weighted by molar-refractivity contribution is 8.00. The van der Waals surface area contributed by atoms with Crippen LogP contribution in [0.1, 0.15) is 18.1 Å². The molecule has 0 atom stereocenters. The lowest BCUT2D eigenvalue weighted by atomic mass is 10.1. The maximum Gasteiger partial charge on any atom is 0.248 e. The smallest absolute Gasteiger partial charge is 0.248 e. The fourth-order valence-electron chi connectivity index (χ4n) is 2.06. The molecule has 124 valence electrons. The molecule has 0 aromatic heterocycles. The van der Waals surface area contributed by atoms with Gasteiger partial charge < -0.3 is 11.1 Å². The summed E-state index contributed by atoms with van der Waals surface area (Å²) < 4.78 is 0. The Balaban J connectivity index is 2.01. The molecular formula is C19H20N2O2S. The van der Waals surface area contributed by atoms with Crippen LogP contribution in [0.4, 0.5) is 5.69 Å². The van der Waals surface area contributed by atoms with Crippen molar-refractivity contribution in [1.29, 1.82) is 0 Å². The zero-order valence-electron chi connectivity index (χ0n) is 13.5. The second kappa shape index (κ2) is 8.93. The number of nitrogens with two attached hydrogens (primary N) is 1. The van der Waals surface area contributed by atoms with Crippen molar-refractivity contribution in [2.45, 2.75) is 18.2 Å². The molecule has 0 heterocycles. The van der Waals surface area contributed by atoms with Crippen molar-refractivity contribution in [3.05, 3.63) is 65.7 Å². The van der Waals surface area contributed by atoms with E-state index in [2.05, 4.69) is 12.2 Å². The lowest BCUT2D eigenvalue weighted by Crippen LogP contribution is -2.13. The average Bonchev–Trinajstić information content (AvgIpc) is 2.59. The minimum absolute atomic E-state index is 0.173. The summed E-state index contributed by atoms with van der Waals surface area (Å²) >= 11 is 1.30. The number of amides is 2. The minimum atomic E-state index is -0.392. The van der Waals surface area contributed by atoms with E-state index in [-0.39, 0.29) is 11.7 Å². The molecule has 0 radical (unpaired) electrons. The zero-order valence-corrected chi connectivity index (χ0v) is 14.3. The molecule has 2 rings (SSSR count). The SMILES string of the molecule is CCc1ccc(/C=C/C(=O)Nc2ccccc2SCC(N)=O)cc1. The molecule has 2 amide bonds. The molecule has 24 heavy (non-hydrogen) atoms. The largest absolute Gasteiger partial charge is 0.369 e. The summed E-state index contributed by atoms with van der Waals surface area (Å²) in [5.74, 6) is -0.440. The van der Waals surface area contributed by atoms with E-state index in [1.165, 1.54) is 23.4 Å². The molecule has 2 aromatic carbocycles. The Labute approximate surface area is 146 Å². The van der Waals surface area contributed by atoms with Crippen molar-refractivity contribution in [2.24, 2.45) is 5.73 Å². The standard InChI is InChI=1S/C19H20N2O2S/c1-2-14-7-9-15(10-8-14)11-12-19(23)21-16-5-3-4-6-17(16)24-13-18(20)22/h3-12H,2,13H2,1H3,(H2,20,22)(H,21,23)/b12-11+. The molecular weight excluding hydrogens is 320 g/mol. The number of hydrogen-bond acceptors (Lipinski definition) is 3. The second-order valence-corrected chi connectivity index (χ2v) is 6.19. The van der Waals surface area contributed by atoms with Gasteiger partial charge in [-0.1, -0.05) is 43.3 Å². The van der Waals surface area contributed by atoms with Crippen molar-refractivity contribution >= 4 is 35.3 Å². The van der Waals surface area contributed by atoms with Crippen LogP contribution in [0.25, 0.3) is 6.08 Å². The van der Waals surface area contributed by atoms with E-state index < -0.39 is 5.91 Å². The lowest BCUT2D eigenvalue weighted by molar-refractivity contribution is -0.115. The molecule has 0 bridgehead atoms. The van der Waals surface area contributed by atoms with E-state index in [0.717, 1.165) is 16.9 Å². The Morgan fingerprint density at radius 2 is 1.83 bits per heavy atom. The fourth-order valence-corrected chi connectivity index (χ4v) is 2.80. The van der Waals surface area contributed by atoms with E-state index >= 15 is 0 Å². The Morgan fingerprint density at radius 3 is 2.50 bits per heavy atom. The van der Waals surface area contributed by atoms with Crippen molar-refractivity contribution in [3.8, 4) is 0 Å². The van der Waals surface area contributed by atoms with Crippen LogP contribution in [0.2, 0.25) is 0 Å². The summed E-state index contributed by atoms with van der Waals surface area (Å²) in [6.07, 6.45) is 4.26. The normalized spacial score (nSPS) is 10.7. The highest BCUT2D eigenvalue weighted by atomic mass is 32.2. The Morgan fingerprint density at radius 1 is 1.12 bits per heavy atom. The number of thioether (sulfide) groups is 1. The molecule has 0 saturated carbocycles. The van der Waals surface area contributed by atoms with Gasteiger partial charge >= 0.3 is 0 Å². The summed E-state index contributed by atoms with van der Waals surface area (Å²) in [6.45, 7) is 2.10. The third kappa shape index (κ3) is 5.59. The number of primary amides is 1. The van der Waals surface area contributed by atoms with Gasteiger partial charge in [-0.05, 0) is 35.8 Å². The molecule has 0 aliphatic carbocycles. The predicted molar refractivity (Wildman–Crippen MR) is 99.8 cm³/mol. The zero-order chi connectivity index (χ0) is 17.4. The van der Waals surface area contributed by atoms with Gasteiger partial charge in [0.05, 0.1) is 11.4 Å². The van der Waals surface area contributed by atoms with Crippen molar-refractivity contribution < 1.29 is 9.59 Å². The maximum absolute atomic E-state index is 12.1. The number of rotatable bonds is 7. The summed E-state index contributed by atoms with van der Waals surface area (Å²) in [7, 11) is 0.